The zero-order valence-electron chi connectivity index (χ0n) is 28.1. The number of fused-ring (bicyclic) bond motifs is 3. The van der Waals surface area contributed by atoms with Gasteiger partial charge in [-0.3, -0.25) is 14.4 Å². The Morgan fingerprint density at radius 2 is 1.73 bits per heavy atom. The van der Waals surface area contributed by atoms with Crippen molar-refractivity contribution in [2.75, 3.05) is 20.1 Å². The molecule has 2 heterocycles. The van der Waals surface area contributed by atoms with Crippen LogP contribution in [-0.4, -0.2) is 59.7 Å². The third-order valence-corrected chi connectivity index (χ3v) is 10.8. The molecule has 9 nitrogen and oxygen atoms in total. The van der Waals surface area contributed by atoms with Gasteiger partial charge in [0, 0.05) is 55.0 Å². The van der Waals surface area contributed by atoms with Crippen molar-refractivity contribution in [3.05, 3.63) is 94.1 Å². The Kier molecular flexibility index (Phi) is 13.4. The highest BCUT2D eigenvalue weighted by atomic mass is 35.5. The van der Waals surface area contributed by atoms with E-state index in [1.165, 1.54) is 17.3 Å². The standard InChI is InChI=1S/C38H47ClN6O3S/c1-45-33(21-26-14-13-25-8-2-3-11-31(25)26)36(47)44-24-29-20-30(39)15-16-35(29)49-37-28(10-7-19-42-37)23-43-32(12-6-18-41)34(46)22-27(38(45)48)9-4-5-17-40/h2-3,7-8,10-11,14-16,19-20,27,32-33,43H,4-6,9,12-13,17-18,21-24,40-41H2,1H3,(H,44,47)/t27-,32+,33+/m1/s1. The van der Waals surface area contributed by atoms with Crippen LogP contribution in [-0.2, 0) is 33.9 Å². The molecule has 2 aliphatic rings. The second-order valence-corrected chi connectivity index (χ2v) is 14.3. The average molecular weight is 703 g/mol. The van der Waals surface area contributed by atoms with Crippen molar-refractivity contribution in [1.82, 2.24) is 20.5 Å². The van der Waals surface area contributed by atoms with E-state index in [2.05, 4.69) is 33.8 Å². The number of nitrogens with one attached hydrogen (secondary N) is 2. The first-order valence-electron chi connectivity index (χ1n) is 17.2. The Balaban J connectivity index is 1.53. The SMILES string of the molecule is CN1C(=O)[C@H](CCCCN)CC(=O)[C@H](CCCN)NCc2cccnc2Sc2ccc(Cl)cc2CNC(=O)[C@@H]1CC1=CCc2ccccc21. The summed E-state index contributed by atoms with van der Waals surface area (Å²) in [4.78, 5) is 49.8. The number of nitrogens with two attached hydrogens (primary N) is 2. The van der Waals surface area contributed by atoms with E-state index in [0.29, 0.717) is 56.8 Å². The molecule has 260 valence electrons. The quantitative estimate of drug-likeness (QED) is 0.221. The van der Waals surface area contributed by atoms with Gasteiger partial charge in [-0.05, 0) is 97.3 Å². The molecule has 0 radical (unpaired) electrons. The summed E-state index contributed by atoms with van der Waals surface area (Å²) in [7, 11) is 1.69. The van der Waals surface area contributed by atoms with Gasteiger partial charge < -0.3 is 27.0 Å². The predicted molar refractivity (Wildman–Crippen MR) is 196 cm³/mol. The second-order valence-electron chi connectivity index (χ2n) is 12.8. The maximum absolute atomic E-state index is 14.4. The first kappa shape index (κ1) is 36.7. The van der Waals surface area contributed by atoms with E-state index in [1.54, 1.807) is 18.1 Å². The third kappa shape index (κ3) is 9.58. The third-order valence-electron chi connectivity index (χ3n) is 9.42. The number of aromatic nitrogens is 1. The number of benzene rings is 2. The molecule has 0 saturated heterocycles. The monoisotopic (exact) mass is 702 g/mol. The zero-order valence-corrected chi connectivity index (χ0v) is 29.7. The van der Waals surface area contributed by atoms with E-state index < -0.39 is 18.0 Å². The number of nitrogens with zero attached hydrogens (tertiary/aromatic N) is 2. The number of carbonyl (C=O) groups excluding carboxylic acids is 3. The van der Waals surface area contributed by atoms with Gasteiger partial charge in [-0.15, -0.1) is 0 Å². The number of rotatable bonds is 9. The molecule has 49 heavy (non-hydrogen) atoms. The van der Waals surface area contributed by atoms with E-state index in [4.69, 9.17) is 23.1 Å². The molecule has 1 aliphatic heterocycles. The Hall–Kier alpha value is -3.54. The Bertz CT molecular complexity index is 1670. The average Bonchev–Trinajstić information content (AvgIpc) is 3.52. The van der Waals surface area contributed by atoms with Crippen molar-refractivity contribution in [2.45, 2.75) is 86.5 Å². The van der Waals surface area contributed by atoms with E-state index >= 15 is 0 Å². The van der Waals surface area contributed by atoms with Gasteiger partial charge in [0.05, 0.1) is 6.04 Å². The normalized spacial score (nSPS) is 20.6. The lowest BCUT2D eigenvalue weighted by Crippen LogP contribution is -2.50. The number of hydrogen-bond acceptors (Lipinski definition) is 8. The van der Waals surface area contributed by atoms with Gasteiger partial charge in [0.2, 0.25) is 11.8 Å². The van der Waals surface area contributed by atoms with Crippen LogP contribution in [0.5, 0.6) is 0 Å². The van der Waals surface area contributed by atoms with Crippen LogP contribution < -0.4 is 22.1 Å². The first-order chi connectivity index (χ1) is 23.8. The van der Waals surface area contributed by atoms with Crippen molar-refractivity contribution in [3.63, 3.8) is 0 Å². The van der Waals surface area contributed by atoms with Gasteiger partial charge in [0.15, 0.2) is 5.78 Å². The molecule has 0 unspecified atom stereocenters. The zero-order chi connectivity index (χ0) is 34.8. The molecule has 0 fully saturated rings. The molecule has 11 heteroatoms. The highest BCUT2D eigenvalue weighted by Crippen LogP contribution is 2.35. The largest absolute Gasteiger partial charge is 0.350 e. The fraction of sp³-hybridized carbons (Fsp3) is 0.421. The molecule has 1 aromatic heterocycles. The molecule has 0 spiro atoms. The molecule has 1 aliphatic carbocycles. The number of unbranched alkanes of at least 4 members (excludes halogenated alkanes) is 1. The summed E-state index contributed by atoms with van der Waals surface area (Å²) in [6, 6.07) is 16.4. The van der Waals surface area contributed by atoms with Crippen molar-refractivity contribution in [3.8, 4) is 0 Å². The molecule has 2 amide bonds. The van der Waals surface area contributed by atoms with Gasteiger partial charge in [-0.2, -0.15) is 0 Å². The highest BCUT2D eigenvalue weighted by Gasteiger charge is 2.35. The Labute approximate surface area is 298 Å². The van der Waals surface area contributed by atoms with Gasteiger partial charge in [-0.25, -0.2) is 4.98 Å². The van der Waals surface area contributed by atoms with Crippen LogP contribution >= 0.6 is 23.4 Å². The molecule has 3 atom stereocenters. The summed E-state index contributed by atoms with van der Waals surface area (Å²) in [5.74, 6) is -1.11. The summed E-state index contributed by atoms with van der Waals surface area (Å²) in [5, 5.41) is 7.95. The summed E-state index contributed by atoms with van der Waals surface area (Å²) < 4.78 is 0. The maximum atomic E-state index is 14.4. The molecule has 5 rings (SSSR count). The van der Waals surface area contributed by atoms with Gasteiger partial charge in [0.25, 0.3) is 0 Å². The number of Topliss-reactive ketones (excluding diaryl/α,β-unsaturated/α-hetero) is 1. The predicted octanol–water partition coefficient (Wildman–Crippen LogP) is 5.27. The van der Waals surface area contributed by atoms with Crippen molar-refractivity contribution in [1.29, 1.82) is 0 Å². The summed E-state index contributed by atoms with van der Waals surface area (Å²) >= 11 is 7.95. The van der Waals surface area contributed by atoms with Gasteiger partial charge in [-0.1, -0.05) is 66.2 Å². The van der Waals surface area contributed by atoms with E-state index in [9.17, 15) is 14.4 Å². The number of pyridine rings is 1. The van der Waals surface area contributed by atoms with Crippen LogP contribution in [0.4, 0.5) is 0 Å². The number of allylic oxidation sites excluding steroid dienone is 1. The number of carbonyl (C=O) groups is 3. The minimum absolute atomic E-state index is 0.0382. The number of amides is 2. The number of likely N-dealkylation sites (N-methyl/N-ethyl adjacent to an activating group) is 1. The van der Waals surface area contributed by atoms with Gasteiger partial charge in [0.1, 0.15) is 11.1 Å². The minimum Gasteiger partial charge on any atom is -0.350 e. The summed E-state index contributed by atoms with van der Waals surface area (Å²) in [5.41, 5.74) is 16.8. The van der Waals surface area contributed by atoms with E-state index in [-0.39, 0.29) is 30.6 Å². The fourth-order valence-electron chi connectivity index (χ4n) is 6.61. The number of halogens is 1. The molecule has 3 aromatic rings. The molecule has 6 N–H and O–H groups in total. The Morgan fingerprint density at radius 3 is 2.55 bits per heavy atom. The van der Waals surface area contributed by atoms with Gasteiger partial charge >= 0.3 is 0 Å². The maximum Gasteiger partial charge on any atom is 0.243 e. The molecule has 0 saturated carbocycles. The van der Waals surface area contributed by atoms with Crippen LogP contribution in [0.3, 0.4) is 0 Å². The molecule has 2 aromatic carbocycles. The summed E-state index contributed by atoms with van der Waals surface area (Å²) in [6.07, 6.45) is 8.26. The van der Waals surface area contributed by atoms with E-state index in [0.717, 1.165) is 45.0 Å². The number of ketones is 1. The van der Waals surface area contributed by atoms with Crippen LogP contribution in [0, 0.1) is 5.92 Å². The lowest BCUT2D eigenvalue weighted by molar-refractivity contribution is -0.143. The smallest absolute Gasteiger partial charge is 0.243 e. The lowest BCUT2D eigenvalue weighted by atomic mass is 9.90. The van der Waals surface area contributed by atoms with Crippen LogP contribution in [0.1, 0.15) is 67.2 Å². The first-order valence-corrected chi connectivity index (χ1v) is 18.4. The topological polar surface area (TPSA) is 143 Å². The van der Waals surface area contributed by atoms with Crippen LogP contribution in [0.15, 0.2) is 76.8 Å². The number of hydrogen-bond donors (Lipinski definition) is 4. The van der Waals surface area contributed by atoms with Crippen LogP contribution in [0.2, 0.25) is 5.02 Å². The Morgan fingerprint density at radius 1 is 0.939 bits per heavy atom. The molecule has 0 bridgehead atoms. The van der Waals surface area contributed by atoms with Crippen molar-refractivity contribution < 1.29 is 14.4 Å². The van der Waals surface area contributed by atoms with Crippen LogP contribution in [0.25, 0.3) is 5.57 Å². The van der Waals surface area contributed by atoms with E-state index in [1.807, 2.05) is 42.5 Å². The summed E-state index contributed by atoms with van der Waals surface area (Å²) in [6.45, 7) is 1.59. The lowest BCUT2D eigenvalue weighted by Gasteiger charge is -2.32. The minimum atomic E-state index is -0.795. The highest BCUT2D eigenvalue weighted by molar-refractivity contribution is 7.99. The fourth-order valence-corrected chi connectivity index (χ4v) is 7.80. The van der Waals surface area contributed by atoms with Crippen molar-refractivity contribution >= 4 is 46.5 Å². The molecular formula is C38H47ClN6O3S. The second kappa shape index (κ2) is 17.9. The molecular weight excluding hydrogens is 656 g/mol. The van der Waals surface area contributed by atoms with Crippen molar-refractivity contribution in [2.24, 2.45) is 17.4 Å².